The molecule has 0 aliphatic heterocycles. The molecule has 2 heterocycles. The van der Waals surface area contributed by atoms with Crippen molar-refractivity contribution in [3.05, 3.63) is 84.2 Å². The van der Waals surface area contributed by atoms with Crippen LogP contribution in [0, 0.1) is 6.92 Å². The summed E-state index contributed by atoms with van der Waals surface area (Å²) >= 11 is 0. The summed E-state index contributed by atoms with van der Waals surface area (Å²) in [6, 6.07) is 12.3. The predicted molar refractivity (Wildman–Crippen MR) is 104 cm³/mol. The van der Waals surface area contributed by atoms with Gasteiger partial charge in [0.1, 0.15) is 11.5 Å². The van der Waals surface area contributed by atoms with Crippen LogP contribution in [0.5, 0.6) is 0 Å². The van der Waals surface area contributed by atoms with E-state index in [1.165, 1.54) is 24.7 Å². The Labute approximate surface area is 156 Å². The summed E-state index contributed by atoms with van der Waals surface area (Å²) in [6.45, 7) is 1.90. The van der Waals surface area contributed by atoms with Crippen molar-refractivity contribution in [2.75, 3.05) is 10.6 Å². The lowest BCUT2D eigenvalue weighted by molar-refractivity contribution is -0.112. The van der Waals surface area contributed by atoms with E-state index in [1.54, 1.807) is 48.6 Å². The number of amides is 2. The van der Waals surface area contributed by atoms with Crippen LogP contribution in [0.1, 0.15) is 17.1 Å². The Morgan fingerprint density at radius 1 is 0.815 bits per heavy atom. The van der Waals surface area contributed by atoms with E-state index in [2.05, 4.69) is 10.6 Å². The number of hydrogen-bond acceptors (Lipinski definition) is 4. The molecule has 1 aromatic carbocycles. The fourth-order valence-electron chi connectivity index (χ4n) is 2.31. The van der Waals surface area contributed by atoms with Crippen LogP contribution in [0.15, 0.2) is 76.0 Å². The van der Waals surface area contributed by atoms with Gasteiger partial charge in [-0.3, -0.25) is 9.59 Å². The molecule has 2 amide bonds. The van der Waals surface area contributed by atoms with Crippen LogP contribution >= 0.6 is 0 Å². The fraction of sp³-hybridized carbons (Fsp3) is 0.0476. The van der Waals surface area contributed by atoms with Crippen LogP contribution in [-0.2, 0) is 9.59 Å². The van der Waals surface area contributed by atoms with Crippen LogP contribution in [0.3, 0.4) is 0 Å². The molecule has 3 rings (SSSR count). The van der Waals surface area contributed by atoms with Gasteiger partial charge in [0.2, 0.25) is 11.8 Å². The molecule has 0 aliphatic carbocycles. The normalized spacial score (nSPS) is 11.1. The zero-order valence-corrected chi connectivity index (χ0v) is 14.6. The van der Waals surface area contributed by atoms with E-state index in [1.807, 2.05) is 13.0 Å². The summed E-state index contributed by atoms with van der Waals surface area (Å²) in [6.07, 6.45) is 8.91. The maximum atomic E-state index is 12.2. The monoisotopic (exact) mass is 362 g/mol. The standard InChI is InChI=1S/C21H18N2O4/c1-15-6-9-18(22-20(24)10-7-16-4-2-12-26-16)19(14-15)23-21(25)11-8-17-5-3-13-27-17/h2-14H,1H3,(H,22,24)(H,23,25)/b10-7+,11-8+. The summed E-state index contributed by atoms with van der Waals surface area (Å²) in [7, 11) is 0. The number of furan rings is 2. The Balaban J connectivity index is 1.69. The number of hydrogen-bond donors (Lipinski definition) is 2. The van der Waals surface area contributed by atoms with E-state index in [4.69, 9.17) is 8.83 Å². The van der Waals surface area contributed by atoms with Gasteiger partial charge in [0.25, 0.3) is 0 Å². The molecule has 0 aliphatic rings. The minimum atomic E-state index is -0.336. The second-order valence-electron chi connectivity index (χ2n) is 5.73. The van der Waals surface area contributed by atoms with Crippen LogP contribution in [-0.4, -0.2) is 11.8 Å². The maximum absolute atomic E-state index is 12.2. The van der Waals surface area contributed by atoms with Crippen molar-refractivity contribution in [3.63, 3.8) is 0 Å². The zero-order chi connectivity index (χ0) is 19.1. The predicted octanol–water partition coefficient (Wildman–Crippen LogP) is 4.48. The van der Waals surface area contributed by atoms with Gasteiger partial charge in [0.05, 0.1) is 23.9 Å². The van der Waals surface area contributed by atoms with Crippen molar-refractivity contribution in [2.45, 2.75) is 6.92 Å². The van der Waals surface area contributed by atoms with E-state index in [-0.39, 0.29) is 11.8 Å². The quantitative estimate of drug-likeness (QED) is 0.633. The van der Waals surface area contributed by atoms with Crippen molar-refractivity contribution in [3.8, 4) is 0 Å². The van der Waals surface area contributed by atoms with Gasteiger partial charge in [-0.05, 0) is 61.0 Å². The van der Waals surface area contributed by atoms with Crippen molar-refractivity contribution >= 4 is 35.3 Å². The van der Waals surface area contributed by atoms with Crippen LogP contribution < -0.4 is 10.6 Å². The second kappa shape index (κ2) is 8.53. The molecule has 0 fully saturated rings. The molecule has 0 saturated carbocycles. The first-order chi connectivity index (χ1) is 13.1. The zero-order valence-electron chi connectivity index (χ0n) is 14.6. The van der Waals surface area contributed by atoms with E-state index in [9.17, 15) is 9.59 Å². The molecule has 0 saturated heterocycles. The minimum Gasteiger partial charge on any atom is -0.465 e. The Bertz CT molecular complexity index is 968. The van der Waals surface area contributed by atoms with Gasteiger partial charge in [0, 0.05) is 12.2 Å². The van der Waals surface area contributed by atoms with Crippen molar-refractivity contribution < 1.29 is 18.4 Å². The van der Waals surface area contributed by atoms with E-state index < -0.39 is 0 Å². The SMILES string of the molecule is Cc1ccc(NC(=O)/C=C/c2ccco2)c(NC(=O)/C=C/c2ccco2)c1. The highest BCUT2D eigenvalue weighted by molar-refractivity contribution is 6.07. The average molecular weight is 362 g/mol. The number of carbonyl (C=O) groups excluding carboxylic acids is 2. The molecular weight excluding hydrogens is 344 g/mol. The Morgan fingerprint density at radius 3 is 1.89 bits per heavy atom. The number of aryl methyl sites for hydroxylation is 1. The van der Waals surface area contributed by atoms with Crippen molar-refractivity contribution in [1.82, 2.24) is 0 Å². The number of anilines is 2. The summed E-state index contributed by atoms with van der Waals surface area (Å²) in [4.78, 5) is 24.3. The highest BCUT2D eigenvalue weighted by Gasteiger charge is 2.08. The lowest BCUT2D eigenvalue weighted by atomic mass is 10.2. The molecule has 0 atom stereocenters. The van der Waals surface area contributed by atoms with Gasteiger partial charge in [0.15, 0.2) is 0 Å². The smallest absolute Gasteiger partial charge is 0.248 e. The summed E-state index contributed by atoms with van der Waals surface area (Å²) in [5, 5.41) is 5.51. The molecule has 0 spiro atoms. The molecule has 2 aromatic heterocycles. The highest BCUT2D eigenvalue weighted by Crippen LogP contribution is 2.23. The largest absolute Gasteiger partial charge is 0.465 e. The van der Waals surface area contributed by atoms with Gasteiger partial charge in [-0.2, -0.15) is 0 Å². The Morgan fingerprint density at radius 2 is 1.37 bits per heavy atom. The van der Waals surface area contributed by atoms with Gasteiger partial charge in [-0.25, -0.2) is 0 Å². The van der Waals surface area contributed by atoms with Gasteiger partial charge in [-0.1, -0.05) is 6.07 Å². The third-order valence-corrected chi connectivity index (χ3v) is 3.58. The average Bonchev–Trinajstić information content (AvgIpc) is 3.34. The molecule has 0 unspecified atom stereocenters. The highest BCUT2D eigenvalue weighted by atomic mass is 16.3. The fourth-order valence-corrected chi connectivity index (χ4v) is 2.31. The second-order valence-corrected chi connectivity index (χ2v) is 5.73. The molecule has 3 aromatic rings. The summed E-state index contributed by atoms with van der Waals surface area (Å²) in [5.74, 6) is 0.479. The third kappa shape index (κ3) is 5.34. The topological polar surface area (TPSA) is 84.5 Å². The molecule has 6 nitrogen and oxygen atoms in total. The Kier molecular flexibility index (Phi) is 5.69. The van der Waals surface area contributed by atoms with E-state index in [0.29, 0.717) is 22.9 Å². The number of carbonyl (C=O) groups is 2. The Hall–Kier alpha value is -3.80. The molecule has 0 bridgehead atoms. The third-order valence-electron chi connectivity index (χ3n) is 3.58. The molecule has 0 radical (unpaired) electrons. The number of nitrogens with one attached hydrogen (secondary N) is 2. The van der Waals surface area contributed by atoms with Gasteiger partial charge in [-0.15, -0.1) is 0 Å². The number of rotatable bonds is 6. The lowest BCUT2D eigenvalue weighted by Gasteiger charge is -2.11. The first-order valence-electron chi connectivity index (χ1n) is 8.26. The number of benzene rings is 1. The van der Waals surface area contributed by atoms with Crippen molar-refractivity contribution in [2.24, 2.45) is 0 Å². The van der Waals surface area contributed by atoms with Crippen LogP contribution in [0.25, 0.3) is 12.2 Å². The van der Waals surface area contributed by atoms with E-state index in [0.717, 1.165) is 5.56 Å². The van der Waals surface area contributed by atoms with Crippen molar-refractivity contribution in [1.29, 1.82) is 0 Å². The van der Waals surface area contributed by atoms with Crippen LogP contribution in [0.2, 0.25) is 0 Å². The minimum absolute atomic E-state index is 0.335. The summed E-state index contributed by atoms with van der Waals surface area (Å²) < 4.78 is 10.3. The lowest BCUT2D eigenvalue weighted by Crippen LogP contribution is -2.13. The molecule has 2 N–H and O–H groups in total. The molecule has 27 heavy (non-hydrogen) atoms. The molecular formula is C21H18N2O4. The molecule has 6 heteroatoms. The molecule has 136 valence electrons. The first kappa shape index (κ1) is 18.0. The van der Waals surface area contributed by atoms with Gasteiger partial charge >= 0.3 is 0 Å². The summed E-state index contributed by atoms with van der Waals surface area (Å²) in [5.41, 5.74) is 1.95. The van der Waals surface area contributed by atoms with Gasteiger partial charge < -0.3 is 19.5 Å². The van der Waals surface area contributed by atoms with E-state index >= 15 is 0 Å². The maximum Gasteiger partial charge on any atom is 0.248 e. The van der Waals surface area contributed by atoms with Crippen LogP contribution in [0.4, 0.5) is 11.4 Å². The first-order valence-corrected chi connectivity index (χ1v) is 8.26.